The fraction of sp³-hybridized carbons (Fsp3) is 0.611. The molecule has 146 valence electrons. The van der Waals surface area contributed by atoms with Gasteiger partial charge in [0.05, 0.1) is 9.92 Å². The van der Waals surface area contributed by atoms with Crippen LogP contribution in [0.4, 0.5) is 0 Å². The summed E-state index contributed by atoms with van der Waals surface area (Å²) in [7, 11) is -3.62. The number of sulfonamides is 1. The smallest absolute Gasteiger partial charge is 0.258 e. The number of rotatable bonds is 7. The number of hydrogen-bond donors (Lipinski definition) is 2. The molecule has 8 heteroatoms. The Bertz CT molecular complexity index is 714. The molecular formula is C18H27ClN2O4S. The number of benzene rings is 1. The molecule has 0 aromatic heterocycles. The van der Waals surface area contributed by atoms with Gasteiger partial charge in [0.1, 0.15) is 5.75 Å². The molecule has 0 radical (unpaired) electrons. The zero-order valence-electron chi connectivity index (χ0n) is 15.3. The molecule has 1 saturated carbocycles. The predicted octanol–water partition coefficient (Wildman–Crippen LogP) is 3.24. The Labute approximate surface area is 160 Å². The molecule has 0 bridgehead atoms. The summed E-state index contributed by atoms with van der Waals surface area (Å²) in [5.74, 6) is 0.0947. The molecule has 1 amide bonds. The number of amides is 1. The number of ether oxygens (including phenoxy) is 1. The lowest BCUT2D eigenvalue weighted by Crippen LogP contribution is -2.37. The zero-order chi connectivity index (χ0) is 19.2. The van der Waals surface area contributed by atoms with Crippen molar-refractivity contribution in [2.24, 2.45) is 0 Å². The van der Waals surface area contributed by atoms with Gasteiger partial charge in [-0.2, -0.15) is 0 Å². The van der Waals surface area contributed by atoms with Crippen LogP contribution in [0, 0.1) is 0 Å². The third-order valence-electron chi connectivity index (χ3n) is 4.18. The number of hydrogen-bond acceptors (Lipinski definition) is 4. The van der Waals surface area contributed by atoms with Crippen molar-refractivity contribution in [3.05, 3.63) is 23.2 Å². The van der Waals surface area contributed by atoms with E-state index in [1.54, 1.807) is 13.8 Å². The number of halogens is 1. The van der Waals surface area contributed by atoms with Crippen LogP contribution in [0.5, 0.6) is 5.75 Å². The van der Waals surface area contributed by atoms with Crippen molar-refractivity contribution >= 4 is 27.5 Å². The van der Waals surface area contributed by atoms with E-state index < -0.39 is 10.0 Å². The summed E-state index contributed by atoms with van der Waals surface area (Å²) in [6.07, 6.45) is 6.72. The molecule has 1 aliphatic rings. The summed E-state index contributed by atoms with van der Waals surface area (Å²) >= 11 is 6.12. The van der Waals surface area contributed by atoms with Crippen molar-refractivity contribution in [2.45, 2.75) is 69.4 Å². The predicted molar refractivity (Wildman–Crippen MR) is 102 cm³/mol. The van der Waals surface area contributed by atoms with Crippen molar-refractivity contribution in [3.8, 4) is 5.75 Å². The Kier molecular flexibility index (Phi) is 7.73. The second-order valence-electron chi connectivity index (χ2n) is 6.91. The first-order chi connectivity index (χ1) is 12.3. The van der Waals surface area contributed by atoms with E-state index in [0.717, 1.165) is 25.7 Å². The SMILES string of the molecule is CC(C)NS(=O)(=O)c1ccc(OCC(=O)NC2CCCCCC2)c(Cl)c1. The zero-order valence-corrected chi connectivity index (χ0v) is 16.8. The van der Waals surface area contributed by atoms with E-state index >= 15 is 0 Å². The van der Waals surface area contributed by atoms with Crippen LogP contribution in [0.1, 0.15) is 52.4 Å². The molecule has 1 aromatic carbocycles. The van der Waals surface area contributed by atoms with Crippen molar-refractivity contribution in [1.82, 2.24) is 10.0 Å². The Morgan fingerprint density at radius 1 is 1.23 bits per heavy atom. The number of carbonyl (C=O) groups is 1. The van der Waals surface area contributed by atoms with Gasteiger partial charge in [0.15, 0.2) is 6.61 Å². The minimum atomic E-state index is -3.62. The fourth-order valence-corrected chi connectivity index (χ4v) is 4.56. The van der Waals surface area contributed by atoms with E-state index in [2.05, 4.69) is 10.0 Å². The molecule has 2 N–H and O–H groups in total. The van der Waals surface area contributed by atoms with E-state index in [9.17, 15) is 13.2 Å². The van der Waals surface area contributed by atoms with Gasteiger partial charge < -0.3 is 10.1 Å². The van der Waals surface area contributed by atoms with E-state index in [-0.39, 0.29) is 40.3 Å². The molecule has 0 aliphatic heterocycles. The molecule has 0 atom stereocenters. The van der Waals surface area contributed by atoms with Crippen LogP contribution in [0.15, 0.2) is 23.1 Å². The van der Waals surface area contributed by atoms with E-state index in [0.29, 0.717) is 0 Å². The highest BCUT2D eigenvalue weighted by Gasteiger charge is 2.18. The van der Waals surface area contributed by atoms with Gasteiger partial charge in [-0.25, -0.2) is 13.1 Å². The molecule has 26 heavy (non-hydrogen) atoms. The first-order valence-electron chi connectivity index (χ1n) is 9.02. The van der Waals surface area contributed by atoms with Crippen LogP contribution < -0.4 is 14.8 Å². The maximum atomic E-state index is 12.1. The lowest BCUT2D eigenvalue weighted by molar-refractivity contribution is -0.123. The van der Waals surface area contributed by atoms with Crippen molar-refractivity contribution in [3.63, 3.8) is 0 Å². The lowest BCUT2D eigenvalue weighted by atomic mass is 10.1. The Morgan fingerprint density at radius 2 is 1.88 bits per heavy atom. The van der Waals surface area contributed by atoms with E-state index in [4.69, 9.17) is 16.3 Å². The third kappa shape index (κ3) is 6.45. The monoisotopic (exact) mass is 402 g/mol. The summed E-state index contributed by atoms with van der Waals surface area (Å²) in [6.45, 7) is 3.33. The largest absolute Gasteiger partial charge is 0.482 e. The number of carbonyl (C=O) groups excluding carboxylic acids is 1. The Morgan fingerprint density at radius 3 is 2.46 bits per heavy atom. The summed E-state index contributed by atoms with van der Waals surface area (Å²) in [4.78, 5) is 12.1. The Hall–Kier alpha value is -1.31. The van der Waals surface area contributed by atoms with Crippen LogP contribution in [0.25, 0.3) is 0 Å². The summed E-state index contributed by atoms with van der Waals surface area (Å²) in [5.41, 5.74) is 0. The summed E-state index contributed by atoms with van der Waals surface area (Å²) < 4.78 is 32.2. The quantitative estimate of drug-likeness (QED) is 0.685. The second-order valence-corrected chi connectivity index (χ2v) is 9.03. The molecule has 6 nitrogen and oxygen atoms in total. The van der Waals surface area contributed by atoms with Crippen LogP contribution >= 0.6 is 11.6 Å². The lowest BCUT2D eigenvalue weighted by Gasteiger charge is -2.17. The normalized spacial score (nSPS) is 16.3. The van der Waals surface area contributed by atoms with Gasteiger partial charge in [-0.3, -0.25) is 4.79 Å². The second kappa shape index (κ2) is 9.58. The fourth-order valence-electron chi connectivity index (χ4n) is 2.98. The van der Waals surface area contributed by atoms with Crippen molar-refractivity contribution in [2.75, 3.05) is 6.61 Å². The minimum Gasteiger partial charge on any atom is -0.482 e. The van der Waals surface area contributed by atoms with Crippen LogP contribution in [0.2, 0.25) is 5.02 Å². The average Bonchev–Trinajstić information content (AvgIpc) is 2.81. The first kappa shape index (κ1) is 21.0. The highest BCUT2D eigenvalue weighted by molar-refractivity contribution is 7.89. The highest BCUT2D eigenvalue weighted by atomic mass is 35.5. The average molecular weight is 403 g/mol. The van der Waals surface area contributed by atoms with Gasteiger partial charge in [-0.15, -0.1) is 0 Å². The molecule has 0 saturated heterocycles. The maximum absolute atomic E-state index is 12.1. The molecule has 1 fully saturated rings. The molecule has 0 unspecified atom stereocenters. The van der Waals surface area contributed by atoms with Crippen LogP contribution in [-0.2, 0) is 14.8 Å². The van der Waals surface area contributed by atoms with Crippen molar-refractivity contribution in [1.29, 1.82) is 0 Å². The number of nitrogens with one attached hydrogen (secondary N) is 2. The van der Waals surface area contributed by atoms with Gasteiger partial charge in [-0.05, 0) is 44.9 Å². The van der Waals surface area contributed by atoms with E-state index in [1.165, 1.54) is 31.0 Å². The third-order valence-corrected chi connectivity index (χ3v) is 6.14. The summed E-state index contributed by atoms with van der Waals surface area (Å²) in [6, 6.07) is 4.19. The molecule has 2 rings (SSSR count). The molecule has 1 aliphatic carbocycles. The first-order valence-corrected chi connectivity index (χ1v) is 10.9. The van der Waals surface area contributed by atoms with E-state index in [1.807, 2.05) is 0 Å². The Balaban J connectivity index is 1.92. The van der Waals surface area contributed by atoms with Gasteiger partial charge in [0, 0.05) is 12.1 Å². The van der Waals surface area contributed by atoms with Gasteiger partial charge >= 0.3 is 0 Å². The van der Waals surface area contributed by atoms with Gasteiger partial charge in [0.25, 0.3) is 5.91 Å². The van der Waals surface area contributed by atoms with Crippen LogP contribution in [0.3, 0.4) is 0 Å². The highest BCUT2D eigenvalue weighted by Crippen LogP contribution is 2.27. The minimum absolute atomic E-state index is 0.0615. The van der Waals surface area contributed by atoms with Gasteiger partial charge in [0.2, 0.25) is 10.0 Å². The molecular weight excluding hydrogens is 376 g/mol. The van der Waals surface area contributed by atoms with Crippen molar-refractivity contribution < 1.29 is 17.9 Å². The molecule has 0 spiro atoms. The standard InChI is InChI=1S/C18H27ClN2O4S/c1-13(2)21-26(23,24)15-9-10-17(16(19)11-15)25-12-18(22)20-14-7-5-3-4-6-8-14/h9-11,13-14,21H,3-8,12H2,1-2H3,(H,20,22). The van der Waals surface area contributed by atoms with Gasteiger partial charge in [-0.1, -0.05) is 37.3 Å². The topological polar surface area (TPSA) is 84.5 Å². The summed E-state index contributed by atoms with van der Waals surface area (Å²) in [5, 5.41) is 3.14. The maximum Gasteiger partial charge on any atom is 0.258 e. The van der Waals surface area contributed by atoms with Crippen LogP contribution in [-0.4, -0.2) is 33.0 Å². The molecule has 1 aromatic rings. The molecule has 0 heterocycles.